The molecular weight excluding hydrogens is 608 g/mol. The van der Waals surface area contributed by atoms with Crippen LogP contribution in [0.4, 0.5) is 10.8 Å². The van der Waals surface area contributed by atoms with Gasteiger partial charge in [0.25, 0.3) is 0 Å². The Labute approximate surface area is 249 Å². The lowest BCUT2D eigenvalue weighted by Crippen LogP contribution is -2.42. The third-order valence-electron chi connectivity index (χ3n) is 6.81. The Morgan fingerprint density at radius 1 is 1.25 bits per heavy atom. The van der Waals surface area contributed by atoms with Crippen molar-refractivity contribution in [3.05, 3.63) is 86.8 Å². The molecule has 40 heavy (non-hydrogen) atoms. The van der Waals surface area contributed by atoms with Crippen molar-refractivity contribution in [2.24, 2.45) is 11.1 Å². The average Bonchev–Trinajstić information content (AvgIpc) is 3.35. The van der Waals surface area contributed by atoms with Crippen molar-refractivity contribution in [3.8, 4) is 6.07 Å². The largest absolute Gasteiger partial charge is 0.384 e. The minimum atomic E-state index is -0.581. The van der Waals surface area contributed by atoms with Crippen LogP contribution in [0.3, 0.4) is 0 Å². The summed E-state index contributed by atoms with van der Waals surface area (Å²) in [6.45, 7) is 6.07. The third kappa shape index (κ3) is 5.57. The molecule has 204 valence electrons. The highest BCUT2D eigenvalue weighted by molar-refractivity contribution is 9.10. The number of anilines is 2. The molecule has 0 fully saturated rings. The van der Waals surface area contributed by atoms with E-state index in [1.165, 1.54) is 23.1 Å². The molecule has 1 unspecified atom stereocenters. The monoisotopic (exact) mass is 634 g/mol. The second kappa shape index (κ2) is 11.2. The fourth-order valence-electron chi connectivity index (χ4n) is 5.15. The Morgan fingerprint density at radius 3 is 2.75 bits per heavy atom. The van der Waals surface area contributed by atoms with Crippen molar-refractivity contribution in [1.29, 1.82) is 5.26 Å². The number of hydrogen-bond donors (Lipinski definition) is 2. The van der Waals surface area contributed by atoms with Gasteiger partial charge in [-0.2, -0.15) is 5.26 Å². The van der Waals surface area contributed by atoms with Gasteiger partial charge in [-0.3, -0.25) is 14.5 Å². The Bertz CT molecular complexity index is 1620. The number of rotatable bonds is 6. The first-order valence-corrected chi connectivity index (χ1v) is 15.2. The van der Waals surface area contributed by atoms with E-state index in [1.54, 1.807) is 4.90 Å². The predicted molar refractivity (Wildman–Crippen MR) is 162 cm³/mol. The van der Waals surface area contributed by atoms with Crippen LogP contribution in [0, 0.1) is 23.7 Å². The van der Waals surface area contributed by atoms with Crippen LogP contribution in [0.5, 0.6) is 0 Å². The molecule has 2 aliphatic rings. The van der Waals surface area contributed by atoms with E-state index in [9.17, 15) is 14.9 Å². The number of Topliss-reactive ketones (excluding diaryl/α,β-unsaturated/α-hetero) is 1. The molecule has 2 heterocycles. The highest BCUT2D eigenvalue weighted by atomic mass is 79.9. The van der Waals surface area contributed by atoms with E-state index in [0.29, 0.717) is 33.5 Å². The number of nitriles is 1. The van der Waals surface area contributed by atoms with Crippen molar-refractivity contribution in [2.45, 2.75) is 43.9 Å². The minimum Gasteiger partial charge on any atom is -0.384 e. The van der Waals surface area contributed by atoms with Crippen LogP contribution in [0.1, 0.15) is 43.7 Å². The number of nitrogens with one attached hydrogen (secondary N) is 1. The number of nitrogens with two attached hydrogens (primary N) is 1. The van der Waals surface area contributed by atoms with E-state index in [4.69, 9.17) is 5.73 Å². The molecule has 1 atom stereocenters. The van der Waals surface area contributed by atoms with Crippen molar-refractivity contribution in [3.63, 3.8) is 0 Å². The smallest absolute Gasteiger partial charge is 0.234 e. The van der Waals surface area contributed by atoms with E-state index in [-0.39, 0.29) is 28.7 Å². The van der Waals surface area contributed by atoms with E-state index >= 15 is 0 Å². The lowest BCUT2D eigenvalue weighted by molar-refractivity contribution is -0.118. The van der Waals surface area contributed by atoms with Gasteiger partial charge in [0.15, 0.2) is 10.1 Å². The van der Waals surface area contributed by atoms with Gasteiger partial charge >= 0.3 is 0 Å². The number of halogens is 1. The summed E-state index contributed by atoms with van der Waals surface area (Å²) in [6, 6.07) is 17.5. The number of allylic oxidation sites excluding steroid dienone is 3. The molecule has 1 amide bonds. The maximum Gasteiger partial charge on any atom is 0.234 e. The number of thioether (sulfide) groups is 1. The van der Waals surface area contributed by atoms with Gasteiger partial charge in [0, 0.05) is 27.9 Å². The van der Waals surface area contributed by atoms with Gasteiger partial charge in [-0.25, -0.2) is 0 Å². The second-order valence-electron chi connectivity index (χ2n) is 10.6. The first-order valence-electron chi connectivity index (χ1n) is 12.6. The zero-order valence-electron chi connectivity index (χ0n) is 22.2. The maximum atomic E-state index is 13.7. The first kappa shape index (κ1) is 28.1. The Hall–Kier alpha value is -3.46. The molecule has 3 aromatic rings. The summed E-state index contributed by atoms with van der Waals surface area (Å²) in [5, 5.41) is 22.3. The number of carbonyl (C=O) groups is 2. The Morgan fingerprint density at radius 2 is 2.02 bits per heavy atom. The number of benzene rings is 2. The standard InChI is InChI=1S/C29H27BrN6O2S2/c1-16-7-6-8-17(11-16)33-23(38)15-39-28-35-34-27(40-28)36-21-12-29(2,3)13-22(37)25(21)24(19(14-31)26(36)32)18-9-4-5-10-20(18)30/h4-11,24H,12-13,15,32H2,1-3H3,(H,33,38). The van der Waals surface area contributed by atoms with Crippen molar-refractivity contribution in [1.82, 2.24) is 10.2 Å². The molecule has 8 nitrogen and oxygen atoms in total. The van der Waals surface area contributed by atoms with Gasteiger partial charge < -0.3 is 11.1 Å². The fourth-order valence-corrected chi connectivity index (χ4v) is 7.34. The zero-order valence-corrected chi connectivity index (χ0v) is 25.4. The van der Waals surface area contributed by atoms with E-state index in [0.717, 1.165) is 27.0 Å². The Balaban J connectivity index is 1.47. The SMILES string of the molecule is Cc1cccc(NC(=O)CSc2nnc(N3C(N)=C(C#N)C(c4ccccc4Br)C4=C3CC(C)(C)CC4=O)s2)c1. The van der Waals surface area contributed by atoms with Crippen LogP contribution in [0.15, 0.2) is 80.0 Å². The molecule has 0 radical (unpaired) electrons. The molecular formula is C29H27BrN6O2S2. The number of aryl methyl sites for hydroxylation is 1. The predicted octanol–water partition coefficient (Wildman–Crippen LogP) is 6.28. The van der Waals surface area contributed by atoms with Crippen LogP contribution in [-0.4, -0.2) is 27.6 Å². The highest BCUT2D eigenvalue weighted by Gasteiger charge is 2.45. The molecule has 1 aliphatic carbocycles. The summed E-state index contributed by atoms with van der Waals surface area (Å²) in [5.74, 6) is -0.359. The number of ketones is 1. The summed E-state index contributed by atoms with van der Waals surface area (Å²) in [4.78, 5) is 27.9. The molecule has 0 saturated heterocycles. The van der Waals surface area contributed by atoms with E-state index in [1.807, 2.05) is 69.3 Å². The number of nitrogens with zero attached hydrogens (tertiary/aromatic N) is 4. The van der Waals surface area contributed by atoms with Gasteiger partial charge in [0.1, 0.15) is 5.82 Å². The number of aromatic nitrogens is 2. The summed E-state index contributed by atoms with van der Waals surface area (Å²) in [5.41, 5.74) is 10.6. The van der Waals surface area contributed by atoms with Crippen LogP contribution in [0.2, 0.25) is 0 Å². The maximum absolute atomic E-state index is 13.7. The van der Waals surface area contributed by atoms with Gasteiger partial charge in [0.2, 0.25) is 11.0 Å². The molecule has 11 heteroatoms. The quantitative estimate of drug-likeness (QED) is 0.303. The Kier molecular flexibility index (Phi) is 7.86. The molecule has 1 aliphatic heterocycles. The third-order valence-corrected chi connectivity index (χ3v) is 9.58. The number of amides is 1. The molecule has 0 spiro atoms. The van der Waals surface area contributed by atoms with Crippen LogP contribution < -0.4 is 16.0 Å². The summed E-state index contributed by atoms with van der Waals surface area (Å²) in [6.07, 6.45) is 0.946. The molecule has 3 N–H and O–H groups in total. The summed E-state index contributed by atoms with van der Waals surface area (Å²) >= 11 is 6.15. The van der Waals surface area contributed by atoms with Gasteiger partial charge in [0.05, 0.1) is 23.3 Å². The topological polar surface area (TPSA) is 125 Å². The number of carbonyl (C=O) groups excluding carboxylic acids is 2. The van der Waals surface area contributed by atoms with E-state index in [2.05, 4.69) is 37.5 Å². The lowest BCUT2D eigenvalue weighted by Gasteiger charge is -2.42. The van der Waals surface area contributed by atoms with Crippen LogP contribution in [-0.2, 0) is 9.59 Å². The molecule has 2 aromatic carbocycles. The highest BCUT2D eigenvalue weighted by Crippen LogP contribution is 2.51. The van der Waals surface area contributed by atoms with Crippen molar-refractivity contribution >= 4 is 61.5 Å². The van der Waals surface area contributed by atoms with Gasteiger partial charge in [-0.05, 0) is 48.1 Å². The zero-order chi connectivity index (χ0) is 28.6. The van der Waals surface area contributed by atoms with Crippen LogP contribution in [0.25, 0.3) is 0 Å². The summed E-state index contributed by atoms with van der Waals surface area (Å²) < 4.78 is 1.38. The lowest BCUT2D eigenvalue weighted by atomic mass is 9.69. The normalized spacial score (nSPS) is 18.4. The van der Waals surface area contributed by atoms with Crippen LogP contribution >= 0.6 is 39.0 Å². The second-order valence-corrected chi connectivity index (χ2v) is 13.6. The minimum absolute atomic E-state index is 0.0100. The molecule has 0 bridgehead atoms. The fraction of sp³-hybridized carbons (Fsp3) is 0.276. The van der Waals surface area contributed by atoms with Crippen molar-refractivity contribution in [2.75, 3.05) is 16.0 Å². The van der Waals surface area contributed by atoms with Gasteiger partial charge in [-0.1, -0.05) is 83.2 Å². The van der Waals surface area contributed by atoms with E-state index < -0.39 is 5.92 Å². The number of hydrogen-bond acceptors (Lipinski definition) is 9. The first-order chi connectivity index (χ1) is 19.1. The summed E-state index contributed by atoms with van der Waals surface area (Å²) in [7, 11) is 0. The molecule has 0 saturated carbocycles. The molecule has 1 aromatic heterocycles. The molecule has 5 rings (SSSR count). The van der Waals surface area contributed by atoms with Crippen molar-refractivity contribution < 1.29 is 9.59 Å². The van der Waals surface area contributed by atoms with Gasteiger partial charge in [-0.15, -0.1) is 10.2 Å². The average molecular weight is 636 g/mol.